The molecule has 1 heterocycles. The molecular formula is C27H32N4O. The molecule has 4 rings (SSSR count). The smallest absolute Gasteiger partial charge is 0.227 e. The average Bonchev–Trinajstić information content (AvgIpc) is 3.59. The zero-order valence-electron chi connectivity index (χ0n) is 19.1. The van der Waals surface area contributed by atoms with Gasteiger partial charge in [-0.3, -0.25) is 9.36 Å². The lowest BCUT2D eigenvalue weighted by Crippen LogP contribution is -2.15. The van der Waals surface area contributed by atoms with Gasteiger partial charge in [0.2, 0.25) is 5.91 Å². The largest absolute Gasteiger partial charge is 0.382 e. The first kappa shape index (κ1) is 23.1. The van der Waals surface area contributed by atoms with Crippen LogP contribution in [0.2, 0.25) is 0 Å². The first-order valence-corrected chi connectivity index (χ1v) is 11.0. The summed E-state index contributed by atoms with van der Waals surface area (Å²) in [5.74, 6) is 0.303. The molecule has 5 heteroatoms. The number of allylic oxidation sites excluding steroid dienone is 4. The number of hydrogen-bond acceptors (Lipinski definition) is 3. The van der Waals surface area contributed by atoms with Crippen molar-refractivity contribution >= 4 is 28.3 Å². The summed E-state index contributed by atoms with van der Waals surface area (Å²) in [5, 5.41) is 6.34. The normalized spacial score (nSPS) is 14.2. The number of imidazole rings is 1. The van der Waals surface area contributed by atoms with Crippen molar-refractivity contribution in [2.45, 2.75) is 39.7 Å². The van der Waals surface area contributed by atoms with Crippen molar-refractivity contribution in [3.8, 4) is 0 Å². The molecule has 2 N–H and O–H groups in total. The molecular weight excluding hydrogens is 396 g/mol. The van der Waals surface area contributed by atoms with Crippen LogP contribution in [0.1, 0.15) is 45.2 Å². The molecule has 1 atom stereocenters. The van der Waals surface area contributed by atoms with Gasteiger partial charge in [0, 0.05) is 29.0 Å². The van der Waals surface area contributed by atoms with Crippen molar-refractivity contribution in [2.24, 2.45) is 5.92 Å². The van der Waals surface area contributed by atoms with Crippen molar-refractivity contribution in [1.29, 1.82) is 0 Å². The van der Waals surface area contributed by atoms with Gasteiger partial charge in [0.05, 0.1) is 11.0 Å². The molecule has 1 aliphatic rings. The van der Waals surface area contributed by atoms with Crippen LogP contribution in [0.25, 0.3) is 16.7 Å². The summed E-state index contributed by atoms with van der Waals surface area (Å²) < 4.78 is 1.86. The van der Waals surface area contributed by atoms with E-state index in [1.165, 1.54) is 11.3 Å². The van der Waals surface area contributed by atoms with Crippen molar-refractivity contribution in [3.63, 3.8) is 0 Å². The molecule has 1 fully saturated rings. The Morgan fingerprint density at radius 2 is 1.94 bits per heavy atom. The van der Waals surface area contributed by atoms with Gasteiger partial charge < -0.3 is 10.6 Å². The molecule has 0 spiro atoms. The Morgan fingerprint density at radius 3 is 2.56 bits per heavy atom. The zero-order valence-corrected chi connectivity index (χ0v) is 19.1. The van der Waals surface area contributed by atoms with Crippen LogP contribution in [0.3, 0.4) is 0 Å². The summed E-state index contributed by atoms with van der Waals surface area (Å²) in [4.78, 5) is 16.1. The van der Waals surface area contributed by atoms with Crippen LogP contribution in [0.4, 0.5) is 5.69 Å². The van der Waals surface area contributed by atoms with Crippen molar-refractivity contribution < 1.29 is 4.79 Å². The average molecular weight is 429 g/mol. The van der Waals surface area contributed by atoms with E-state index >= 15 is 0 Å². The number of amides is 1. The number of carbonyl (C=O) groups excluding carboxylic acids is 1. The van der Waals surface area contributed by atoms with Gasteiger partial charge in [0.15, 0.2) is 0 Å². The van der Waals surface area contributed by atoms with E-state index in [1.807, 2.05) is 35.8 Å². The lowest BCUT2D eigenvalue weighted by molar-refractivity contribution is -0.117. The molecule has 1 saturated carbocycles. The van der Waals surface area contributed by atoms with Gasteiger partial charge in [-0.2, -0.15) is 0 Å². The Labute approximate surface area is 190 Å². The van der Waals surface area contributed by atoms with Gasteiger partial charge in [-0.15, -0.1) is 0 Å². The monoisotopic (exact) mass is 428 g/mol. The fourth-order valence-corrected chi connectivity index (χ4v) is 3.25. The Balaban J connectivity index is 0.000000195. The number of aromatic nitrogens is 2. The lowest BCUT2D eigenvalue weighted by Gasteiger charge is -2.15. The summed E-state index contributed by atoms with van der Waals surface area (Å²) in [5.41, 5.74) is 5.88. The summed E-state index contributed by atoms with van der Waals surface area (Å²) in [6.07, 6.45) is 7.47. The topological polar surface area (TPSA) is 59.0 Å². The molecule has 2 aromatic carbocycles. The molecule has 0 saturated heterocycles. The van der Waals surface area contributed by atoms with Gasteiger partial charge >= 0.3 is 0 Å². The molecule has 1 aliphatic carbocycles. The number of nitrogens with zero attached hydrogens (tertiary/aromatic N) is 2. The highest BCUT2D eigenvalue weighted by Crippen LogP contribution is 2.30. The van der Waals surface area contributed by atoms with E-state index in [0.717, 1.165) is 35.3 Å². The summed E-state index contributed by atoms with van der Waals surface area (Å²) in [6, 6.07) is 16.5. The minimum atomic E-state index is 0.105. The maximum atomic E-state index is 11.8. The fraction of sp³-hybridized carbons (Fsp3) is 0.259. The molecule has 3 aromatic rings. The predicted octanol–water partition coefficient (Wildman–Crippen LogP) is 6.30. The highest BCUT2D eigenvalue weighted by atomic mass is 16.2. The first-order valence-electron chi connectivity index (χ1n) is 11.0. The van der Waals surface area contributed by atoms with Gasteiger partial charge in [-0.05, 0) is 63.5 Å². The number of hydrogen-bond donors (Lipinski definition) is 2. The molecule has 166 valence electrons. The van der Waals surface area contributed by atoms with Crippen molar-refractivity contribution in [3.05, 3.63) is 91.4 Å². The molecule has 32 heavy (non-hydrogen) atoms. The number of fused-ring (bicyclic) bond motifs is 1. The van der Waals surface area contributed by atoms with Crippen LogP contribution in [-0.2, 0) is 4.79 Å². The van der Waals surface area contributed by atoms with Crippen molar-refractivity contribution in [2.75, 3.05) is 5.32 Å². The highest BCUT2D eigenvalue weighted by Gasteiger charge is 2.29. The van der Waals surface area contributed by atoms with Crippen LogP contribution in [0, 0.1) is 5.92 Å². The standard InChI is InChI=1S/C15H15N3O.C12H17N/c1-3-10(2)18-9-16-13-7-6-12(8-14(13)18)17-15(19)11-4-5-11;1-4-10(2)13-11(3)12-8-6-5-7-9-12/h3,6-9,11H,1-2,4-5H2,(H,17,19);4-9,11,13H,1-3H3/b;10-4+. The molecule has 0 bridgehead atoms. The molecule has 1 aromatic heterocycles. The van der Waals surface area contributed by atoms with Crippen LogP contribution in [0.15, 0.2) is 85.9 Å². The quantitative estimate of drug-likeness (QED) is 0.434. The number of benzene rings is 2. The fourth-order valence-electron chi connectivity index (χ4n) is 3.25. The predicted molar refractivity (Wildman–Crippen MR) is 134 cm³/mol. The molecule has 1 unspecified atom stereocenters. The van der Waals surface area contributed by atoms with E-state index in [-0.39, 0.29) is 11.8 Å². The van der Waals surface area contributed by atoms with Gasteiger partial charge in [0.25, 0.3) is 0 Å². The number of rotatable bonds is 7. The van der Waals surface area contributed by atoms with E-state index in [2.05, 4.69) is 73.0 Å². The maximum absolute atomic E-state index is 11.8. The second kappa shape index (κ2) is 10.6. The minimum Gasteiger partial charge on any atom is -0.382 e. The zero-order chi connectivity index (χ0) is 23.1. The van der Waals surface area contributed by atoms with E-state index in [1.54, 1.807) is 12.4 Å². The molecule has 1 amide bonds. The minimum absolute atomic E-state index is 0.105. The SMILES string of the molecule is C/C=C(\C)NC(C)c1ccccc1.C=CC(=C)n1cnc2ccc(NC(=O)C3CC3)cc21. The van der Waals surface area contributed by atoms with Gasteiger partial charge in [-0.1, -0.05) is 49.6 Å². The van der Waals surface area contributed by atoms with Crippen molar-refractivity contribution in [1.82, 2.24) is 14.9 Å². The Hall–Kier alpha value is -3.60. The van der Waals surface area contributed by atoms with E-state index in [0.29, 0.717) is 6.04 Å². The van der Waals surface area contributed by atoms with E-state index < -0.39 is 0 Å². The third kappa shape index (κ3) is 5.97. The Morgan fingerprint density at radius 1 is 1.22 bits per heavy atom. The Kier molecular flexibility index (Phi) is 7.66. The third-order valence-electron chi connectivity index (χ3n) is 5.48. The van der Waals surface area contributed by atoms with Gasteiger partial charge in [-0.25, -0.2) is 4.98 Å². The van der Waals surface area contributed by atoms with E-state index in [4.69, 9.17) is 0 Å². The van der Waals surface area contributed by atoms with E-state index in [9.17, 15) is 4.79 Å². The first-order chi connectivity index (χ1) is 15.4. The second-order valence-corrected chi connectivity index (χ2v) is 8.03. The number of anilines is 1. The third-order valence-corrected chi connectivity index (χ3v) is 5.48. The Bertz CT molecular complexity index is 1120. The van der Waals surface area contributed by atoms with Crippen LogP contribution >= 0.6 is 0 Å². The number of nitrogens with one attached hydrogen (secondary N) is 2. The summed E-state index contributed by atoms with van der Waals surface area (Å²) in [6.45, 7) is 13.9. The number of carbonyl (C=O) groups is 1. The molecule has 0 aliphatic heterocycles. The summed E-state index contributed by atoms with van der Waals surface area (Å²) in [7, 11) is 0. The van der Waals surface area contributed by atoms with Crippen LogP contribution in [-0.4, -0.2) is 15.5 Å². The lowest BCUT2D eigenvalue weighted by atomic mass is 10.1. The highest BCUT2D eigenvalue weighted by molar-refractivity contribution is 5.96. The van der Waals surface area contributed by atoms with Gasteiger partial charge in [0.1, 0.15) is 6.33 Å². The van der Waals surface area contributed by atoms with Crippen LogP contribution in [0.5, 0.6) is 0 Å². The maximum Gasteiger partial charge on any atom is 0.227 e. The summed E-state index contributed by atoms with van der Waals surface area (Å²) >= 11 is 0. The van der Waals surface area contributed by atoms with Crippen LogP contribution < -0.4 is 10.6 Å². The molecule has 5 nitrogen and oxygen atoms in total. The second-order valence-electron chi connectivity index (χ2n) is 8.03. The molecule has 0 radical (unpaired) electrons.